The number of hydrogen-bond acceptors (Lipinski definition) is 5. The van der Waals surface area contributed by atoms with Gasteiger partial charge in [0, 0.05) is 13.1 Å². The molecule has 1 amide bonds. The molecule has 3 aromatic carbocycles. The normalized spacial score (nSPS) is 10.9. The first-order valence-corrected chi connectivity index (χ1v) is 11.4. The summed E-state index contributed by atoms with van der Waals surface area (Å²) in [4.78, 5) is 22.8. The van der Waals surface area contributed by atoms with E-state index in [0.717, 1.165) is 33.6 Å². The van der Waals surface area contributed by atoms with Crippen LogP contribution in [-0.4, -0.2) is 50.1 Å². The summed E-state index contributed by atoms with van der Waals surface area (Å²) in [5.74, 6) is 0.404. The molecule has 33 heavy (non-hydrogen) atoms. The highest BCUT2D eigenvalue weighted by Crippen LogP contribution is 2.34. The molecule has 0 fully saturated rings. The van der Waals surface area contributed by atoms with E-state index in [9.17, 15) is 4.79 Å². The Kier molecular flexibility index (Phi) is 8.44. The van der Waals surface area contributed by atoms with E-state index in [0.29, 0.717) is 11.7 Å². The Morgan fingerprint density at radius 1 is 0.939 bits per heavy atom. The van der Waals surface area contributed by atoms with E-state index in [1.54, 1.807) is 7.11 Å². The molecule has 5 nitrogen and oxygen atoms in total. The first-order chi connectivity index (χ1) is 15.6. The second kappa shape index (κ2) is 11.3. The van der Waals surface area contributed by atoms with Gasteiger partial charge in [0.1, 0.15) is 5.75 Å². The molecule has 0 N–H and O–H groups in total. The minimum Gasteiger partial charge on any atom is -0.497 e. The number of methoxy groups -OCH3 is 1. The average molecular weight is 482 g/mol. The highest BCUT2D eigenvalue weighted by molar-refractivity contribution is 7.22. The van der Waals surface area contributed by atoms with Gasteiger partial charge < -0.3 is 9.64 Å². The summed E-state index contributed by atoms with van der Waals surface area (Å²) >= 11 is 1.52. The number of carbonyl (C=O) groups excluding carboxylic acids is 1. The molecular weight excluding hydrogens is 454 g/mol. The number of ether oxygens (including phenoxy) is 1. The highest BCUT2D eigenvalue weighted by Gasteiger charge is 2.30. The van der Waals surface area contributed by atoms with Crippen molar-refractivity contribution in [2.24, 2.45) is 0 Å². The summed E-state index contributed by atoms with van der Waals surface area (Å²) in [5.41, 5.74) is 2.81. The van der Waals surface area contributed by atoms with Crippen molar-refractivity contribution in [2.45, 2.75) is 5.92 Å². The summed E-state index contributed by atoms with van der Waals surface area (Å²) < 4.78 is 6.36. The zero-order chi connectivity index (χ0) is 22.5. The summed E-state index contributed by atoms with van der Waals surface area (Å²) in [5, 5.41) is 0.706. The fraction of sp³-hybridized carbons (Fsp3) is 0.231. The number of halogens is 1. The number of carbonyl (C=O) groups is 1. The maximum Gasteiger partial charge on any atom is 0.240 e. The highest BCUT2D eigenvalue weighted by atomic mass is 35.5. The molecule has 172 valence electrons. The third-order valence-corrected chi connectivity index (χ3v) is 6.41. The molecule has 1 aromatic heterocycles. The monoisotopic (exact) mass is 481 g/mol. The van der Waals surface area contributed by atoms with Crippen LogP contribution in [0.1, 0.15) is 17.0 Å². The van der Waals surface area contributed by atoms with Crippen LogP contribution in [0.5, 0.6) is 5.75 Å². The van der Waals surface area contributed by atoms with Crippen LogP contribution in [-0.2, 0) is 4.79 Å². The lowest BCUT2D eigenvalue weighted by molar-refractivity contribution is -0.119. The molecular formula is C26H28ClN3O2S. The van der Waals surface area contributed by atoms with Crippen LogP contribution in [0.15, 0.2) is 78.9 Å². The standard InChI is InChI=1S/C26H27N3O2S.ClH/c1-28(2)16-17-29(26-27-22-15-14-21(31-3)18-23(22)32-26)25(30)24(19-10-6-4-7-11-19)20-12-8-5-9-13-20;/h4-15,18,24H,16-17H2,1-3H3;1H. The van der Waals surface area contributed by atoms with Crippen molar-refractivity contribution in [1.29, 1.82) is 0 Å². The number of thiazole rings is 1. The van der Waals surface area contributed by atoms with E-state index in [2.05, 4.69) is 4.90 Å². The van der Waals surface area contributed by atoms with E-state index in [-0.39, 0.29) is 18.3 Å². The van der Waals surface area contributed by atoms with Gasteiger partial charge in [-0.1, -0.05) is 72.0 Å². The molecule has 0 spiro atoms. The molecule has 4 aromatic rings. The molecule has 0 radical (unpaired) electrons. The summed E-state index contributed by atoms with van der Waals surface area (Å²) in [7, 11) is 5.68. The summed E-state index contributed by atoms with van der Waals surface area (Å²) in [6, 6.07) is 25.7. The Hall–Kier alpha value is -2.93. The molecule has 7 heteroatoms. The van der Waals surface area contributed by atoms with Gasteiger partial charge in [0.15, 0.2) is 5.13 Å². The van der Waals surface area contributed by atoms with Crippen molar-refractivity contribution in [3.8, 4) is 5.75 Å². The van der Waals surface area contributed by atoms with Gasteiger partial charge in [-0.05, 0) is 43.4 Å². The van der Waals surface area contributed by atoms with E-state index in [1.165, 1.54) is 11.3 Å². The van der Waals surface area contributed by atoms with Crippen LogP contribution in [0.3, 0.4) is 0 Å². The Labute approximate surface area is 205 Å². The quantitative estimate of drug-likeness (QED) is 0.335. The van der Waals surface area contributed by atoms with Gasteiger partial charge in [-0.25, -0.2) is 4.98 Å². The van der Waals surface area contributed by atoms with Crippen LogP contribution >= 0.6 is 23.7 Å². The van der Waals surface area contributed by atoms with Crippen molar-refractivity contribution in [2.75, 3.05) is 39.2 Å². The number of fused-ring (bicyclic) bond motifs is 1. The zero-order valence-electron chi connectivity index (χ0n) is 19.0. The van der Waals surface area contributed by atoms with Gasteiger partial charge in [-0.15, -0.1) is 12.4 Å². The first-order valence-electron chi connectivity index (χ1n) is 10.6. The predicted octanol–water partition coefficient (Wildman–Crippen LogP) is 5.45. The molecule has 0 aliphatic carbocycles. The number of hydrogen-bond donors (Lipinski definition) is 0. The lowest BCUT2D eigenvalue weighted by atomic mass is 9.90. The van der Waals surface area contributed by atoms with Crippen molar-refractivity contribution >= 4 is 45.0 Å². The largest absolute Gasteiger partial charge is 0.497 e. The third-order valence-electron chi connectivity index (χ3n) is 5.36. The Morgan fingerprint density at radius 2 is 1.55 bits per heavy atom. The number of anilines is 1. The van der Waals surface area contributed by atoms with Crippen LogP contribution in [0, 0.1) is 0 Å². The summed E-state index contributed by atoms with van der Waals surface area (Å²) in [6.45, 7) is 1.29. The smallest absolute Gasteiger partial charge is 0.240 e. The SMILES string of the molecule is COc1ccc2nc(N(CCN(C)C)C(=O)C(c3ccccc3)c3ccccc3)sc2c1.Cl. The Balaban J connectivity index is 0.00000306. The maximum absolute atomic E-state index is 14.1. The molecule has 0 saturated carbocycles. The Morgan fingerprint density at radius 3 is 2.09 bits per heavy atom. The van der Waals surface area contributed by atoms with Crippen LogP contribution in [0.2, 0.25) is 0 Å². The van der Waals surface area contributed by atoms with Gasteiger partial charge in [0.25, 0.3) is 0 Å². The van der Waals surface area contributed by atoms with Gasteiger partial charge in [0.2, 0.25) is 5.91 Å². The van der Waals surface area contributed by atoms with E-state index in [1.807, 2.05) is 97.9 Å². The van der Waals surface area contributed by atoms with E-state index in [4.69, 9.17) is 9.72 Å². The fourth-order valence-corrected chi connectivity index (χ4v) is 4.69. The average Bonchev–Trinajstić information content (AvgIpc) is 3.23. The molecule has 0 aliphatic rings. The minimum atomic E-state index is -0.402. The van der Waals surface area contributed by atoms with Crippen molar-refractivity contribution in [3.05, 3.63) is 90.0 Å². The van der Waals surface area contributed by atoms with Crippen LogP contribution in [0.25, 0.3) is 10.2 Å². The van der Waals surface area contributed by atoms with E-state index < -0.39 is 5.92 Å². The van der Waals surface area contributed by atoms with Gasteiger partial charge in [-0.2, -0.15) is 0 Å². The molecule has 0 atom stereocenters. The zero-order valence-corrected chi connectivity index (χ0v) is 20.6. The van der Waals surface area contributed by atoms with E-state index >= 15 is 0 Å². The van der Waals surface area contributed by atoms with Gasteiger partial charge in [0.05, 0.1) is 23.2 Å². The number of aromatic nitrogens is 1. The fourth-order valence-electron chi connectivity index (χ4n) is 3.66. The second-order valence-electron chi connectivity index (χ2n) is 7.88. The second-order valence-corrected chi connectivity index (χ2v) is 8.89. The van der Waals surface area contributed by atoms with Crippen molar-refractivity contribution in [1.82, 2.24) is 9.88 Å². The van der Waals surface area contributed by atoms with Crippen molar-refractivity contribution in [3.63, 3.8) is 0 Å². The first kappa shape index (κ1) is 24.7. The number of likely N-dealkylation sites (N-methyl/N-ethyl adjacent to an activating group) is 1. The summed E-state index contributed by atoms with van der Waals surface area (Å²) in [6.07, 6.45) is 0. The lowest BCUT2D eigenvalue weighted by Gasteiger charge is -2.27. The molecule has 0 saturated heterocycles. The number of benzene rings is 3. The lowest BCUT2D eigenvalue weighted by Crippen LogP contribution is -2.40. The number of rotatable bonds is 8. The minimum absolute atomic E-state index is 0. The number of amides is 1. The molecule has 0 bridgehead atoms. The predicted molar refractivity (Wildman–Crippen MR) is 139 cm³/mol. The third kappa shape index (κ3) is 5.71. The Bertz CT molecular complexity index is 1140. The molecule has 0 unspecified atom stereocenters. The van der Waals surface area contributed by atoms with Crippen molar-refractivity contribution < 1.29 is 9.53 Å². The van der Waals surface area contributed by atoms with Gasteiger partial charge in [-0.3, -0.25) is 9.69 Å². The maximum atomic E-state index is 14.1. The van der Waals surface area contributed by atoms with Crippen LogP contribution < -0.4 is 9.64 Å². The van der Waals surface area contributed by atoms with Gasteiger partial charge >= 0.3 is 0 Å². The van der Waals surface area contributed by atoms with Crippen LogP contribution in [0.4, 0.5) is 5.13 Å². The topological polar surface area (TPSA) is 45.7 Å². The molecule has 0 aliphatic heterocycles. The molecule has 4 rings (SSSR count). The molecule has 1 heterocycles. The number of nitrogens with zero attached hydrogens (tertiary/aromatic N) is 3.